The van der Waals surface area contributed by atoms with Crippen LogP contribution in [0.2, 0.25) is 0 Å². The molecule has 0 amide bonds. The van der Waals surface area contributed by atoms with Gasteiger partial charge in [-0.15, -0.1) is 0 Å². The molecule has 2 aromatic heterocycles. The Hall–Kier alpha value is -8.20. The van der Waals surface area contributed by atoms with Crippen molar-refractivity contribution in [3.05, 3.63) is 223 Å². The average Bonchev–Trinajstić information content (AvgIpc) is 3.98. The van der Waals surface area contributed by atoms with E-state index in [1.54, 1.807) is 0 Å². The number of nitrogens with zero attached hydrogens (tertiary/aromatic N) is 1. The highest BCUT2D eigenvalue weighted by Crippen LogP contribution is 2.54. The Balaban J connectivity index is 0.985. The van der Waals surface area contributed by atoms with Gasteiger partial charge in [-0.1, -0.05) is 178 Å². The quantitative estimate of drug-likeness (QED) is 0.162. The number of furan rings is 1. The van der Waals surface area contributed by atoms with Crippen LogP contribution >= 0.6 is 0 Å². The van der Waals surface area contributed by atoms with Gasteiger partial charge in [0.05, 0.1) is 16.7 Å². The van der Waals surface area contributed by atoms with Crippen molar-refractivity contribution in [2.24, 2.45) is 0 Å². The third-order valence-electron chi connectivity index (χ3n) is 14.5. The van der Waals surface area contributed by atoms with Crippen LogP contribution in [0.5, 0.6) is 0 Å². The molecular weight excluding hydrogens is 787 g/mol. The first-order valence-electron chi connectivity index (χ1n) is 22.7. The standard InChI is InChI=1S/C63H41NO/c1-63(2)56-31-28-39(38-15-4-3-5-16-38)34-53(56)49-23-14-24-50(62(49)63)55-36-42(37-60-61(55)51-22-11-13-26-59(51)65-60)64-57-25-12-10-21-48(57)54-35-41(29-32-58(54)64)40-27-30-47-45-19-7-6-17-43(45)44-18-8-9-20-46(44)52(47)33-40/h3-37H,1-2H3. The first-order valence-corrected chi connectivity index (χ1v) is 22.7. The molecule has 0 atom stereocenters. The molecular formula is C63H41NO. The molecule has 0 spiro atoms. The predicted molar refractivity (Wildman–Crippen MR) is 274 cm³/mol. The maximum Gasteiger partial charge on any atom is 0.138 e. The highest BCUT2D eigenvalue weighted by molar-refractivity contribution is 6.26. The monoisotopic (exact) mass is 827 g/mol. The molecule has 0 unspecified atom stereocenters. The van der Waals surface area contributed by atoms with Crippen molar-refractivity contribution in [1.29, 1.82) is 0 Å². The summed E-state index contributed by atoms with van der Waals surface area (Å²) >= 11 is 0. The Kier molecular flexibility index (Phi) is 7.49. The largest absolute Gasteiger partial charge is 0.456 e. The molecule has 0 aliphatic heterocycles. The second kappa shape index (κ2) is 13.4. The van der Waals surface area contributed by atoms with E-state index in [-0.39, 0.29) is 5.41 Å². The number of benzene rings is 11. The van der Waals surface area contributed by atoms with Gasteiger partial charge in [-0.3, -0.25) is 0 Å². The Morgan fingerprint density at radius 2 is 0.892 bits per heavy atom. The van der Waals surface area contributed by atoms with Gasteiger partial charge in [-0.05, 0) is 130 Å². The van der Waals surface area contributed by atoms with Crippen molar-refractivity contribution in [2.75, 3.05) is 0 Å². The van der Waals surface area contributed by atoms with Gasteiger partial charge in [0.2, 0.25) is 0 Å². The summed E-state index contributed by atoms with van der Waals surface area (Å²) in [6.45, 7) is 4.78. The minimum absolute atomic E-state index is 0.232. The average molecular weight is 828 g/mol. The molecule has 304 valence electrons. The van der Waals surface area contributed by atoms with Gasteiger partial charge in [0.25, 0.3) is 0 Å². The molecule has 13 aromatic rings. The van der Waals surface area contributed by atoms with Gasteiger partial charge in [0, 0.05) is 33.0 Å². The molecule has 2 nitrogen and oxygen atoms in total. The fourth-order valence-corrected chi connectivity index (χ4v) is 11.6. The predicted octanol–water partition coefficient (Wildman–Crippen LogP) is 17.4. The van der Waals surface area contributed by atoms with Crippen LogP contribution in [-0.2, 0) is 5.41 Å². The van der Waals surface area contributed by atoms with Crippen LogP contribution in [0.1, 0.15) is 25.0 Å². The fraction of sp³-hybridized carbons (Fsp3) is 0.0476. The lowest BCUT2D eigenvalue weighted by atomic mass is 9.78. The Labute approximate surface area is 376 Å². The summed E-state index contributed by atoms with van der Waals surface area (Å²) in [6.07, 6.45) is 0. The molecule has 1 aliphatic carbocycles. The lowest BCUT2D eigenvalue weighted by Gasteiger charge is -2.25. The van der Waals surface area contributed by atoms with Crippen LogP contribution in [-0.4, -0.2) is 4.57 Å². The number of para-hydroxylation sites is 2. The van der Waals surface area contributed by atoms with Crippen LogP contribution < -0.4 is 0 Å². The summed E-state index contributed by atoms with van der Waals surface area (Å²) in [5.41, 5.74) is 17.6. The van der Waals surface area contributed by atoms with E-state index >= 15 is 0 Å². The third-order valence-corrected chi connectivity index (χ3v) is 14.5. The minimum atomic E-state index is -0.232. The van der Waals surface area contributed by atoms with Crippen LogP contribution in [0.25, 0.3) is 126 Å². The molecule has 2 heterocycles. The van der Waals surface area contributed by atoms with Gasteiger partial charge in [0.15, 0.2) is 0 Å². The van der Waals surface area contributed by atoms with E-state index in [0.29, 0.717) is 0 Å². The molecule has 0 N–H and O–H groups in total. The van der Waals surface area contributed by atoms with Crippen molar-refractivity contribution in [2.45, 2.75) is 19.3 Å². The minimum Gasteiger partial charge on any atom is -0.456 e. The van der Waals surface area contributed by atoms with E-state index in [2.05, 4.69) is 231 Å². The second-order valence-corrected chi connectivity index (χ2v) is 18.4. The van der Waals surface area contributed by atoms with E-state index < -0.39 is 0 Å². The zero-order valence-electron chi connectivity index (χ0n) is 36.1. The Morgan fingerprint density at radius 1 is 0.338 bits per heavy atom. The van der Waals surface area contributed by atoms with Gasteiger partial charge >= 0.3 is 0 Å². The van der Waals surface area contributed by atoms with Crippen LogP contribution in [0.15, 0.2) is 217 Å². The SMILES string of the molecule is CC1(C)c2ccc(-c3ccccc3)cc2-c2cccc(-c3cc(-n4c5ccccc5c5cc(-c6ccc7c8ccccc8c8ccccc8c7c6)ccc54)cc4oc5ccccc5c34)c21. The molecule has 0 saturated heterocycles. The van der Waals surface area contributed by atoms with E-state index in [4.69, 9.17) is 4.42 Å². The van der Waals surface area contributed by atoms with Crippen molar-refractivity contribution in [3.63, 3.8) is 0 Å². The van der Waals surface area contributed by atoms with Gasteiger partial charge in [0.1, 0.15) is 11.2 Å². The molecule has 11 aromatic carbocycles. The molecule has 1 aliphatic rings. The maximum absolute atomic E-state index is 6.83. The van der Waals surface area contributed by atoms with Crippen molar-refractivity contribution in [3.8, 4) is 50.2 Å². The van der Waals surface area contributed by atoms with Crippen LogP contribution in [0.3, 0.4) is 0 Å². The lowest BCUT2D eigenvalue weighted by Crippen LogP contribution is -2.16. The molecule has 0 radical (unpaired) electrons. The summed E-state index contributed by atoms with van der Waals surface area (Å²) < 4.78 is 9.28. The molecule has 65 heavy (non-hydrogen) atoms. The molecule has 0 saturated carbocycles. The smallest absolute Gasteiger partial charge is 0.138 e. The van der Waals surface area contributed by atoms with Gasteiger partial charge in [-0.2, -0.15) is 0 Å². The maximum atomic E-state index is 6.83. The first-order chi connectivity index (χ1) is 32.0. The number of aromatic nitrogens is 1. The summed E-state index contributed by atoms with van der Waals surface area (Å²) in [7, 11) is 0. The topological polar surface area (TPSA) is 18.1 Å². The normalized spacial score (nSPS) is 13.2. The van der Waals surface area contributed by atoms with E-state index in [0.717, 1.165) is 38.7 Å². The summed E-state index contributed by atoms with van der Waals surface area (Å²) in [6, 6.07) is 78.4. The van der Waals surface area contributed by atoms with Crippen molar-refractivity contribution in [1.82, 2.24) is 4.57 Å². The third kappa shape index (κ3) is 5.17. The van der Waals surface area contributed by atoms with Gasteiger partial charge in [-0.25, -0.2) is 0 Å². The second-order valence-electron chi connectivity index (χ2n) is 18.4. The Bertz CT molecular complexity index is 4110. The first kappa shape index (κ1) is 36.3. The lowest BCUT2D eigenvalue weighted by molar-refractivity contribution is 0.662. The van der Waals surface area contributed by atoms with Crippen LogP contribution in [0.4, 0.5) is 0 Å². The Morgan fingerprint density at radius 3 is 1.65 bits per heavy atom. The van der Waals surface area contributed by atoms with Crippen molar-refractivity contribution >= 4 is 76.1 Å². The molecule has 2 heteroatoms. The van der Waals surface area contributed by atoms with E-state index in [9.17, 15) is 0 Å². The number of hydrogen-bond donors (Lipinski definition) is 0. The summed E-state index contributed by atoms with van der Waals surface area (Å²) in [5.74, 6) is 0. The highest BCUT2D eigenvalue weighted by atomic mass is 16.3. The van der Waals surface area contributed by atoms with Gasteiger partial charge < -0.3 is 8.98 Å². The zero-order chi connectivity index (χ0) is 43.0. The molecule has 14 rings (SSSR count). The fourth-order valence-electron chi connectivity index (χ4n) is 11.6. The molecule has 0 bridgehead atoms. The summed E-state index contributed by atoms with van der Waals surface area (Å²) in [4.78, 5) is 0. The van der Waals surface area contributed by atoms with Crippen molar-refractivity contribution < 1.29 is 4.42 Å². The summed E-state index contributed by atoms with van der Waals surface area (Å²) in [5, 5.41) is 12.4. The number of fused-ring (bicyclic) bond motifs is 15. The van der Waals surface area contributed by atoms with E-state index in [1.165, 1.54) is 98.7 Å². The molecule has 0 fully saturated rings. The van der Waals surface area contributed by atoms with Crippen LogP contribution in [0, 0.1) is 0 Å². The zero-order valence-corrected chi connectivity index (χ0v) is 36.1. The highest BCUT2D eigenvalue weighted by Gasteiger charge is 2.38. The number of hydrogen-bond acceptors (Lipinski definition) is 1. The van der Waals surface area contributed by atoms with E-state index in [1.807, 2.05) is 0 Å². The number of rotatable bonds is 4.